The Morgan fingerprint density at radius 1 is 1.12 bits per heavy atom. The van der Waals surface area contributed by atoms with Gasteiger partial charge in [0.2, 0.25) is 0 Å². The topological polar surface area (TPSA) is 35.9 Å². The van der Waals surface area contributed by atoms with Gasteiger partial charge in [0, 0.05) is 31.9 Å². The molecule has 1 radical (unpaired) electrons. The zero-order chi connectivity index (χ0) is 11.4. The van der Waals surface area contributed by atoms with Crippen LogP contribution in [0.25, 0.3) is 0 Å². The summed E-state index contributed by atoms with van der Waals surface area (Å²) in [6, 6.07) is 7.76. The number of benzene rings is 1. The van der Waals surface area contributed by atoms with Gasteiger partial charge in [0.05, 0.1) is 0 Å². The minimum Gasteiger partial charge on any atom is -0.537 e. The summed E-state index contributed by atoms with van der Waals surface area (Å²) in [6.07, 6.45) is 0. The zero-order valence-corrected chi connectivity index (χ0v) is 9.47. The third-order valence-corrected chi connectivity index (χ3v) is 2.89. The molecule has 1 aliphatic rings. The molecule has 0 atom stereocenters. The van der Waals surface area contributed by atoms with E-state index >= 15 is 0 Å². The molecule has 1 saturated heterocycles. The normalized spacial score (nSPS) is 17.2. The molecule has 2 rings (SSSR count). The number of nitrogens with zero attached hydrogens (tertiary/aromatic N) is 2. The molecular weight excluding hydrogens is 203 g/mol. The lowest BCUT2D eigenvalue weighted by Gasteiger charge is -2.34. The van der Waals surface area contributed by atoms with Crippen molar-refractivity contribution in [3.63, 3.8) is 0 Å². The van der Waals surface area contributed by atoms with Crippen LogP contribution in [0, 0.1) is 0 Å². The quantitative estimate of drug-likeness (QED) is 0.744. The Morgan fingerprint density at radius 3 is 2.31 bits per heavy atom. The van der Waals surface area contributed by atoms with E-state index < -0.39 is 0 Å². The van der Waals surface area contributed by atoms with E-state index in [4.69, 9.17) is 9.68 Å². The SMILES string of the molecule is CN1CCN(c2ccc(O[B]O)cc2)CC1. The molecule has 0 bridgehead atoms. The van der Waals surface area contributed by atoms with Crippen molar-refractivity contribution in [3.05, 3.63) is 24.3 Å². The highest BCUT2D eigenvalue weighted by Crippen LogP contribution is 2.20. The Kier molecular flexibility index (Phi) is 3.69. The van der Waals surface area contributed by atoms with E-state index in [1.165, 1.54) is 5.69 Å². The molecule has 0 spiro atoms. The molecule has 1 heterocycles. The van der Waals surface area contributed by atoms with Gasteiger partial charge in [0.1, 0.15) is 5.75 Å². The third-order valence-electron chi connectivity index (χ3n) is 2.89. The Balaban J connectivity index is 1.98. The van der Waals surface area contributed by atoms with Gasteiger partial charge in [-0.05, 0) is 31.3 Å². The molecule has 0 amide bonds. The van der Waals surface area contributed by atoms with Crippen molar-refractivity contribution in [1.82, 2.24) is 4.90 Å². The number of anilines is 1. The summed E-state index contributed by atoms with van der Waals surface area (Å²) in [5, 5.41) is 8.50. The van der Waals surface area contributed by atoms with Crippen molar-refractivity contribution in [1.29, 1.82) is 0 Å². The molecule has 1 aromatic carbocycles. The van der Waals surface area contributed by atoms with Crippen LogP contribution in [0.3, 0.4) is 0 Å². The predicted molar refractivity (Wildman–Crippen MR) is 64.8 cm³/mol. The summed E-state index contributed by atoms with van der Waals surface area (Å²) < 4.78 is 4.87. The molecule has 16 heavy (non-hydrogen) atoms. The van der Waals surface area contributed by atoms with Gasteiger partial charge in [-0.2, -0.15) is 0 Å². The summed E-state index contributed by atoms with van der Waals surface area (Å²) in [4.78, 5) is 4.68. The summed E-state index contributed by atoms with van der Waals surface area (Å²) >= 11 is 0. The van der Waals surface area contributed by atoms with Gasteiger partial charge < -0.3 is 19.5 Å². The molecule has 85 valence electrons. The number of hydrogen-bond acceptors (Lipinski definition) is 4. The first-order chi connectivity index (χ1) is 7.79. The van der Waals surface area contributed by atoms with Gasteiger partial charge in [0.15, 0.2) is 0 Å². The largest absolute Gasteiger partial charge is 0.569 e. The maximum Gasteiger partial charge on any atom is 0.569 e. The van der Waals surface area contributed by atoms with Crippen LogP contribution in [0.1, 0.15) is 0 Å². The monoisotopic (exact) mass is 219 g/mol. The van der Waals surface area contributed by atoms with Gasteiger partial charge in [-0.25, -0.2) is 0 Å². The third kappa shape index (κ3) is 2.68. The van der Waals surface area contributed by atoms with Crippen LogP contribution in [0.2, 0.25) is 0 Å². The fourth-order valence-corrected chi connectivity index (χ4v) is 1.86. The van der Waals surface area contributed by atoms with Crippen LogP contribution in [0.5, 0.6) is 5.75 Å². The van der Waals surface area contributed by atoms with Crippen molar-refractivity contribution in [2.24, 2.45) is 0 Å². The van der Waals surface area contributed by atoms with Gasteiger partial charge in [-0.15, -0.1) is 0 Å². The highest BCUT2D eigenvalue weighted by Gasteiger charge is 2.13. The number of likely N-dealkylation sites (N-methyl/N-ethyl adjacent to an activating group) is 1. The lowest BCUT2D eigenvalue weighted by molar-refractivity contribution is 0.313. The first-order valence-corrected chi connectivity index (χ1v) is 5.46. The summed E-state index contributed by atoms with van der Waals surface area (Å²) in [5.74, 6) is 0.653. The van der Waals surface area contributed by atoms with Gasteiger partial charge in [0.25, 0.3) is 0 Å². The van der Waals surface area contributed by atoms with Crippen LogP contribution in [0.15, 0.2) is 24.3 Å². The molecule has 0 saturated carbocycles. The van der Waals surface area contributed by atoms with E-state index in [1.54, 1.807) is 0 Å². The minimum atomic E-state index is 0.653. The van der Waals surface area contributed by atoms with E-state index in [0.29, 0.717) is 13.4 Å². The lowest BCUT2D eigenvalue weighted by Crippen LogP contribution is -2.44. The minimum absolute atomic E-state index is 0.653. The molecular formula is C11H16BN2O2. The number of hydrogen-bond donors (Lipinski definition) is 1. The van der Waals surface area contributed by atoms with Crippen molar-refractivity contribution >= 4 is 13.4 Å². The van der Waals surface area contributed by atoms with Crippen molar-refractivity contribution in [2.75, 3.05) is 38.1 Å². The highest BCUT2D eigenvalue weighted by molar-refractivity contribution is 6.17. The average Bonchev–Trinajstić information content (AvgIpc) is 2.32. The number of rotatable bonds is 3. The molecule has 0 aromatic heterocycles. The summed E-state index contributed by atoms with van der Waals surface area (Å²) in [7, 11) is 2.84. The van der Waals surface area contributed by atoms with Crippen LogP contribution >= 0.6 is 0 Å². The first kappa shape index (κ1) is 11.3. The fourth-order valence-electron chi connectivity index (χ4n) is 1.86. The Hall–Kier alpha value is -1.20. The van der Waals surface area contributed by atoms with E-state index in [9.17, 15) is 0 Å². The molecule has 1 fully saturated rings. The van der Waals surface area contributed by atoms with E-state index in [0.717, 1.165) is 26.2 Å². The van der Waals surface area contributed by atoms with E-state index in [1.807, 2.05) is 24.3 Å². The molecule has 5 heteroatoms. The molecule has 4 nitrogen and oxygen atoms in total. The molecule has 1 N–H and O–H groups in total. The molecule has 0 unspecified atom stereocenters. The number of piperazine rings is 1. The maximum atomic E-state index is 8.50. The standard InChI is InChI=1S/C11H16BN2O2/c1-13-6-8-14(9-7-13)10-2-4-11(5-3-10)16-12-15/h2-5,15H,6-9H2,1H3. The van der Waals surface area contributed by atoms with Crippen LogP contribution in [0.4, 0.5) is 5.69 Å². The summed E-state index contributed by atoms with van der Waals surface area (Å²) in [6.45, 7) is 4.32. The molecule has 1 aliphatic heterocycles. The maximum absolute atomic E-state index is 8.50. The smallest absolute Gasteiger partial charge is 0.537 e. The molecule has 0 aliphatic carbocycles. The molecule has 1 aromatic rings. The van der Waals surface area contributed by atoms with Gasteiger partial charge >= 0.3 is 7.69 Å². The zero-order valence-electron chi connectivity index (χ0n) is 9.47. The van der Waals surface area contributed by atoms with Crippen LogP contribution in [-0.2, 0) is 0 Å². The van der Waals surface area contributed by atoms with E-state index in [2.05, 4.69) is 16.8 Å². The average molecular weight is 219 g/mol. The second-order valence-corrected chi connectivity index (χ2v) is 4.01. The second-order valence-electron chi connectivity index (χ2n) is 4.01. The van der Waals surface area contributed by atoms with E-state index in [-0.39, 0.29) is 0 Å². The van der Waals surface area contributed by atoms with Crippen LogP contribution in [-0.4, -0.2) is 50.8 Å². The summed E-state index contributed by atoms with van der Waals surface area (Å²) in [5.41, 5.74) is 1.21. The fraction of sp³-hybridized carbons (Fsp3) is 0.455. The van der Waals surface area contributed by atoms with Crippen LogP contribution < -0.4 is 9.55 Å². The first-order valence-electron chi connectivity index (χ1n) is 5.46. The van der Waals surface area contributed by atoms with Crippen molar-refractivity contribution in [3.8, 4) is 5.75 Å². The predicted octanol–water partition coefficient (Wildman–Crippen LogP) is 0.344. The lowest BCUT2D eigenvalue weighted by atomic mass is 10.2. The Morgan fingerprint density at radius 2 is 1.75 bits per heavy atom. The van der Waals surface area contributed by atoms with Gasteiger partial charge in [-0.3, -0.25) is 0 Å². The Bertz CT molecular complexity index is 323. The highest BCUT2D eigenvalue weighted by atomic mass is 16.5. The van der Waals surface area contributed by atoms with Crippen molar-refractivity contribution < 1.29 is 9.68 Å². The Labute approximate surface area is 96.7 Å². The van der Waals surface area contributed by atoms with Crippen molar-refractivity contribution in [2.45, 2.75) is 0 Å². The second kappa shape index (κ2) is 5.23. The van der Waals surface area contributed by atoms with Gasteiger partial charge in [-0.1, -0.05) is 0 Å².